The summed E-state index contributed by atoms with van der Waals surface area (Å²) in [5.41, 5.74) is 1.09. The molecule has 1 saturated heterocycles. The average molecular weight is 309 g/mol. The molecule has 21 heavy (non-hydrogen) atoms. The zero-order chi connectivity index (χ0) is 14.8. The lowest BCUT2D eigenvalue weighted by Crippen LogP contribution is -2.41. The summed E-state index contributed by atoms with van der Waals surface area (Å²) >= 11 is 1.47. The number of piperidine rings is 1. The minimum atomic E-state index is -0.756. The fourth-order valence-corrected chi connectivity index (χ4v) is 3.45. The largest absolute Gasteiger partial charge is 0.481 e. The molecule has 2 amide bonds. The Morgan fingerprint density at radius 3 is 2.67 bits per heavy atom. The van der Waals surface area contributed by atoms with Crippen molar-refractivity contribution < 1.29 is 14.7 Å². The van der Waals surface area contributed by atoms with Crippen LogP contribution in [0.1, 0.15) is 43.7 Å². The molecule has 1 aromatic rings. The van der Waals surface area contributed by atoms with Crippen molar-refractivity contribution in [1.29, 1.82) is 0 Å². The van der Waals surface area contributed by atoms with Crippen LogP contribution < -0.4 is 5.32 Å². The Morgan fingerprint density at radius 1 is 1.33 bits per heavy atom. The standard InChI is InChI=1S/C14H19N3O3S/c18-12(19)7-9-3-5-17(6-4-9)14(20)16-13-15-11(8-21-13)10-1-2-10/h8-10H,1-7H2,(H,18,19)(H,15,16,20). The maximum Gasteiger partial charge on any atom is 0.323 e. The Balaban J connectivity index is 1.48. The molecule has 0 radical (unpaired) electrons. The topological polar surface area (TPSA) is 82.5 Å². The highest BCUT2D eigenvalue weighted by molar-refractivity contribution is 7.13. The molecule has 7 heteroatoms. The molecular weight excluding hydrogens is 290 g/mol. The van der Waals surface area contributed by atoms with Crippen molar-refractivity contribution in [2.75, 3.05) is 18.4 Å². The number of nitrogens with zero attached hydrogens (tertiary/aromatic N) is 2. The van der Waals surface area contributed by atoms with Gasteiger partial charge >= 0.3 is 12.0 Å². The summed E-state index contributed by atoms with van der Waals surface area (Å²) in [4.78, 5) is 29.0. The molecule has 0 aromatic carbocycles. The van der Waals surface area contributed by atoms with Crippen LogP contribution in [0.3, 0.4) is 0 Å². The predicted molar refractivity (Wildman–Crippen MR) is 79.7 cm³/mol. The molecule has 1 saturated carbocycles. The Labute approximate surface area is 127 Å². The first-order valence-electron chi connectivity index (χ1n) is 7.35. The number of anilines is 1. The zero-order valence-corrected chi connectivity index (χ0v) is 12.6. The number of urea groups is 1. The number of carbonyl (C=O) groups is 2. The second-order valence-corrected chi connectivity index (χ2v) is 6.67. The van der Waals surface area contributed by atoms with Crippen LogP contribution in [0.15, 0.2) is 5.38 Å². The number of carboxylic acids is 1. The third kappa shape index (κ3) is 3.72. The van der Waals surface area contributed by atoms with Crippen LogP contribution in [0.5, 0.6) is 0 Å². The van der Waals surface area contributed by atoms with E-state index in [0.29, 0.717) is 24.1 Å². The van der Waals surface area contributed by atoms with E-state index in [1.807, 2.05) is 5.38 Å². The summed E-state index contributed by atoms with van der Waals surface area (Å²) in [5.74, 6) is 0.0276. The number of likely N-dealkylation sites (tertiary alicyclic amines) is 1. The predicted octanol–water partition coefficient (Wildman–Crippen LogP) is 2.74. The highest BCUT2D eigenvalue weighted by Gasteiger charge is 2.27. The fraction of sp³-hybridized carbons (Fsp3) is 0.643. The fourth-order valence-electron chi connectivity index (χ4n) is 2.67. The Bertz CT molecular complexity index is 533. The summed E-state index contributed by atoms with van der Waals surface area (Å²) in [5, 5.41) is 14.3. The van der Waals surface area contributed by atoms with Gasteiger partial charge in [-0.05, 0) is 31.6 Å². The number of nitrogens with one attached hydrogen (secondary N) is 1. The maximum absolute atomic E-state index is 12.2. The van der Waals surface area contributed by atoms with Gasteiger partial charge in [0.1, 0.15) is 0 Å². The molecule has 2 fully saturated rings. The van der Waals surface area contributed by atoms with E-state index in [2.05, 4.69) is 10.3 Å². The first-order chi connectivity index (χ1) is 10.1. The summed E-state index contributed by atoms with van der Waals surface area (Å²) in [6, 6.07) is -0.125. The van der Waals surface area contributed by atoms with Crippen molar-refractivity contribution in [3.05, 3.63) is 11.1 Å². The number of rotatable bonds is 4. The summed E-state index contributed by atoms with van der Waals surface area (Å²) in [6.07, 6.45) is 4.12. The van der Waals surface area contributed by atoms with E-state index < -0.39 is 5.97 Å². The number of hydrogen-bond donors (Lipinski definition) is 2. The highest BCUT2D eigenvalue weighted by atomic mass is 32.1. The van der Waals surface area contributed by atoms with Gasteiger partial charge in [0.2, 0.25) is 0 Å². The third-order valence-corrected chi connectivity index (χ3v) is 4.87. The van der Waals surface area contributed by atoms with Gasteiger partial charge in [0.25, 0.3) is 0 Å². The van der Waals surface area contributed by atoms with E-state index in [9.17, 15) is 9.59 Å². The second-order valence-electron chi connectivity index (χ2n) is 5.81. The van der Waals surface area contributed by atoms with E-state index >= 15 is 0 Å². The van der Waals surface area contributed by atoms with Crippen LogP contribution >= 0.6 is 11.3 Å². The van der Waals surface area contributed by atoms with Gasteiger partial charge in [0, 0.05) is 30.8 Å². The molecule has 0 spiro atoms. The normalized spacial score (nSPS) is 19.5. The third-order valence-electron chi connectivity index (χ3n) is 4.10. The van der Waals surface area contributed by atoms with Gasteiger partial charge in [0.05, 0.1) is 5.69 Å². The summed E-state index contributed by atoms with van der Waals surface area (Å²) in [7, 11) is 0. The van der Waals surface area contributed by atoms with Crippen molar-refractivity contribution in [1.82, 2.24) is 9.88 Å². The monoisotopic (exact) mass is 309 g/mol. The van der Waals surface area contributed by atoms with Crippen LogP contribution in [0.2, 0.25) is 0 Å². The molecule has 0 unspecified atom stereocenters. The molecule has 2 N–H and O–H groups in total. The van der Waals surface area contributed by atoms with Gasteiger partial charge in [-0.15, -0.1) is 11.3 Å². The number of aliphatic carboxylic acids is 1. The molecule has 6 nitrogen and oxygen atoms in total. The molecule has 0 bridgehead atoms. The highest BCUT2D eigenvalue weighted by Crippen LogP contribution is 2.40. The number of carbonyl (C=O) groups excluding carboxylic acids is 1. The number of thiazole rings is 1. The van der Waals surface area contributed by atoms with Gasteiger partial charge in [-0.1, -0.05) is 0 Å². The quantitative estimate of drug-likeness (QED) is 0.896. The van der Waals surface area contributed by atoms with Gasteiger partial charge in [-0.2, -0.15) is 0 Å². The van der Waals surface area contributed by atoms with Gasteiger partial charge in [0.15, 0.2) is 5.13 Å². The lowest BCUT2D eigenvalue weighted by atomic mass is 9.94. The summed E-state index contributed by atoms with van der Waals surface area (Å²) < 4.78 is 0. The molecular formula is C14H19N3O3S. The van der Waals surface area contributed by atoms with Gasteiger partial charge in [-0.3, -0.25) is 10.1 Å². The van der Waals surface area contributed by atoms with E-state index in [-0.39, 0.29) is 18.4 Å². The Hall–Kier alpha value is -1.63. The molecule has 1 aliphatic carbocycles. The van der Waals surface area contributed by atoms with E-state index in [1.54, 1.807) is 4.90 Å². The first-order valence-corrected chi connectivity index (χ1v) is 8.23. The van der Waals surface area contributed by atoms with Gasteiger partial charge in [-0.25, -0.2) is 9.78 Å². The van der Waals surface area contributed by atoms with Crippen LogP contribution in [0.25, 0.3) is 0 Å². The molecule has 2 aliphatic rings. The van der Waals surface area contributed by atoms with Crippen LogP contribution in [-0.2, 0) is 4.79 Å². The lowest BCUT2D eigenvalue weighted by molar-refractivity contribution is -0.138. The number of amides is 2. The molecule has 3 rings (SSSR count). The second kappa shape index (κ2) is 6.01. The van der Waals surface area contributed by atoms with E-state index in [0.717, 1.165) is 18.5 Å². The maximum atomic E-state index is 12.2. The Morgan fingerprint density at radius 2 is 2.05 bits per heavy atom. The number of carboxylic acid groups (broad SMARTS) is 1. The molecule has 2 heterocycles. The number of aromatic nitrogens is 1. The SMILES string of the molecule is O=C(O)CC1CCN(C(=O)Nc2nc(C3CC3)cs2)CC1. The smallest absolute Gasteiger partial charge is 0.323 e. The van der Waals surface area contributed by atoms with Gasteiger partial charge < -0.3 is 10.0 Å². The minimum Gasteiger partial charge on any atom is -0.481 e. The van der Waals surface area contributed by atoms with Crippen molar-refractivity contribution in [3.63, 3.8) is 0 Å². The van der Waals surface area contributed by atoms with Crippen molar-refractivity contribution >= 4 is 28.5 Å². The van der Waals surface area contributed by atoms with Crippen molar-refractivity contribution in [2.45, 2.75) is 38.0 Å². The van der Waals surface area contributed by atoms with Crippen molar-refractivity contribution in [3.8, 4) is 0 Å². The number of hydrogen-bond acceptors (Lipinski definition) is 4. The molecule has 1 aromatic heterocycles. The van der Waals surface area contributed by atoms with E-state index in [4.69, 9.17) is 5.11 Å². The molecule has 0 atom stereocenters. The first kappa shape index (κ1) is 14.3. The summed E-state index contributed by atoms with van der Waals surface area (Å²) in [6.45, 7) is 1.23. The lowest BCUT2D eigenvalue weighted by Gasteiger charge is -2.31. The van der Waals surface area contributed by atoms with E-state index in [1.165, 1.54) is 24.2 Å². The van der Waals surface area contributed by atoms with Crippen molar-refractivity contribution in [2.24, 2.45) is 5.92 Å². The average Bonchev–Trinajstić information content (AvgIpc) is 3.20. The van der Waals surface area contributed by atoms with Crippen LogP contribution in [-0.4, -0.2) is 40.1 Å². The minimum absolute atomic E-state index is 0.125. The molecule has 114 valence electrons. The molecule has 1 aliphatic heterocycles. The van der Waals surface area contributed by atoms with Crippen LogP contribution in [0.4, 0.5) is 9.93 Å². The zero-order valence-electron chi connectivity index (χ0n) is 11.7. The Kier molecular flexibility index (Phi) is 4.10. The van der Waals surface area contributed by atoms with Crippen LogP contribution in [0, 0.1) is 5.92 Å².